The molecule has 1 atom stereocenters. The van der Waals surface area contributed by atoms with Gasteiger partial charge in [0.25, 0.3) is 5.91 Å². The van der Waals surface area contributed by atoms with E-state index in [4.69, 9.17) is 5.11 Å². The number of aliphatic carboxylic acids is 1. The summed E-state index contributed by atoms with van der Waals surface area (Å²) in [5.74, 6) is -1.75. The van der Waals surface area contributed by atoms with Crippen LogP contribution in [0.15, 0.2) is 6.07 Å². The van der Waals surface area contributed by atoms with Gasteiger partial charge in [0, 0.05) is 18.0 Å². The lowest BCUT2D eigenvalue weighted by Crippen LogP contribution is -2.57. The predicted molar refractivity (Wildman–Crippen MR) is 78.5 cm³/mol. The zero-order valence-corrected chi connectivity index (χ0v) is 12.8. The quantitative estimate of drug-likeness (QED) is 0.870. The maximum atomic E-state index is 12.6. The third-order valence-electron chi connectivity index (χ3n) is 3.57. The molecular formula is C14H18N2O4S. The summed E-state index contributed by atoms with van der Waals surface area (Å²) in [4.78, 5) is 38.3. The summed E-state index contributed by atoms with van der Waals surface area (Å²) < 4.78 is 0. The highest BCUT2D eigenvalue weighted by atomic mass is 32.1. The molecule has 1 aromatic rings. The van der Waals surface area contributed by atoms with Crippen LogP contribution >= 0.6 is 11.3 Å². The number of hydrogen-bond donors (Lipinski definition) is 2. The Morgan fingerprint density at radius 1 is 1.52 bits per heavy atom. The van der Waals surface area contributed by atoms with Crippen molar-refractivity contribution in [3.8, 4) is 0 Å². The molecule has 1 saturated heterocycles. The van der Waals surface area contributed by atoms with Gasteiger partial charge in [0.05, 0.1) is 11.3 Å². The lowest BCUT2D eigenvalue weighted by molar-refractivity contribution is -0.142. The topological polar surface area (TPSA) is 86.7 Å². The maximum Gasteiger partial charge on any atom is 0.305 e. The summed E-state index contributed by atoms with van der Waals surface area (Å²) in [5.41, 5.74) is 1.11. The molecule has 1 fully saturated rings. The molecule has 6 nitrogen and oxygen atoms in total. The van der Waals surface area contributed by atoms with Crippen LogP contribution in [0.4, 0.5) is 0 Å². The van der Waals surface area contributed by atoms with Gasteiger partial charge >= 0.3 is 5.97 Å². The molecule has 0 aliphatic carbocycles. The second-order valence-electron chi connectivity index (χ2n) is 4.95. The molecule has 0 aromatic carbocycles. The summed E-state index contributed by atoms with van der Waals surface area (Å²) in [6.45, 7) is 4.66. The molecule has 0 spiro atoms. The summed E-state index contributed by atoms with van der Waals surface area (Å²) in [6, 6.07) is 0.906. The van der Waals surface area contributed by atoms with E-state index in [0.29, 0.717) is 18.0 Å². The Kier molecular flexibility index (Phi) is 4.62. The summed E-state index contributed by atoms with van der Waals surface area (Å²) >= 11 is 1.39. The number of rotatable bonds is 4. The fraction of sp³-hybridized carbons (Fsp3) is 0.500. The lowest BCUT2D eigenvalue weighted by Gasteiger charge is -2.33. The Labute approximate surface area is 126 Å². The fourth-order valence-electron chi connectivity index (χ4n) is 2.44. The van der Waals surface area contributed by atoms with Gasteiger partial charge < -0.3 is 15.3 Å². The van der Waals surface area contributed by atoms with Gasteiger partial charge in [-0.25, -0.2) is 0 Å². The third-order valence-corrected chi connectivity index (χ3v) is 4.65. The maximum absolute atomic E-state index is 12.6. The van der Waals surface area contributed by atoms with Crippen LogP contribution in [0.1, 0.15) is 33.5 Å². The molecule has 0 radical (unpaired) electrons. The first-order valence-electron chi connectivity index (χ1n) is 6.83. The number of carboxylic acids is 1. The van der Waals surface area contributed by atoms with Crippen LogP contribution < -0.4 is 5.32 Å². The normalized spacial score (nSPS) is 18.5. The summed E-state index contributed by atoms with van der Waals surface area (Å²) in [5, 5.41) is 11.5. The van der Waals surface area contributed by atoms with Gasteiger partial charge in [-0.15, -0.1) is 11.3 Å². The van der Waals surface area contributed by atoms with E-state index in [2.05, 4.69) is 5.32 Å². The molecule has 2 heterocycles. The molecule has 0 saturated carbocycles. The number of piperazine rings is 1. The van der Waals surface area contributed by atoms with Crippen molar-refractivity contribution in [2.75, 3.05) is 13.1 Å². The van der Waals surface area contributed by atoms with Gasteiger partial charge in [0.1, 0.15) is 6.04 Å². The van der Waals surface area contributed by atoms with Gasteiger partial charge in [-0.05, 0) is 25.0 Å². The average Bonchev–Trinajstić information content (AvgIpc) is 2.81. The molecule has 114 valence electrons. The Morgan fingerprint density at radius 2 is 2.24 bits per heavy atom. The Morgan fingerprint density at radius 3 is 2.81 bits per heavy atom. The van der Waals surface area contributed by atoms with Crippen molar-refractivity contribution >= 4 is 29.1 Å². The number of carboxylic acid groups (broad SMARTS) is 1. The van der Waals surface area contributed by atoms with Crippen molar-refractivity contribution in [1.82, 2.24) is 10.2 Å². The van der Waals surface area contributed by atoms with Crippen molar-refractivity contribution in [3.05, 3.63) is 21.4 Å². The minimum atomic E-state index is -1.09. The minimum Gasteiger partial charge on any atom is -0.481 e. The Balaban J connectivity index is 2.25. The molecule has 2 N–H and O–H groups in total. The second-order valence-corrected chi connectivity index (χ2v) is 6.21. The van der Waals surface area contributed by atoms with Crippen LogP contribution in [0.25, 0.3) is 0 Å². The molecule has 0 bridgehead atoms. The number of aryl methyl sites for hydroxylation is 2. The standard InChI is InChI=1S/C14H18N2O4S/c1-3-9-6-11(21-8(9)2)14(20)16-5-4-15-13(19)10(16)7-12(17)18/h6,10H,3-5,7H2,1-2H3,(H,15,19)(H,17,18)/t10-/m1/s1. The smallest absolute Gasteiger partial charge is 0.305 e. The van der Waals surface area contributed by atoms with Crippen molar-refractivity contribution in [3.63, 3.8) is 0 Å². The molecular weight excluding hydrogens is 292 g/mol. The Bertz CT molecular complexity index is 582. The van der Waals surface area contributed by atoms with E-state index < -0.39 is 17.9 Å². The molecule has 21 heavy (non-hydrogen) atoms. The molecule has 0 unspecified atom stereocenters. The van der Waals surface area contributed by atoms with Gasteiger partial charge in [0.2, 0.25) is 5.91 Å². The van der Waals surface area contributed by atoms with Crippen LogP contribution in [0.3, 0.4) is 0 Å². The van der Waals surface area contributed by atoms with Crippen LogP contribution in [-0.4, -0.2) is 46.9 Å². The zero-order chi connectivity index (χ0) is 15.6. The highest BCUT2D eigenvalue weighted by Crippen LogP contribution is 2.25. The average molecular weight is 310 g/mol. The van der Waals surface area contributed by atoms with E-state index in [1.54, 1.807) is 0 Å². The van der Waals surface area contributed by atoms with Crippen LogP contribution in [0.2, 0.25) is 0 Å². The van der Waals surface area contributed by atoms with Crippen molar-refractivity contribution in [1.29, 1.82) is 0 Å². The van der Waals surface area contributed by atoms with Gasteiger partial charge in [-0.1, -0.05) is 6.92 Å². The monoisotopic (exact) mass is 310 g/mol. The SMILES string of the molecule is CCc1cc(C(=O)N2CCNC(=O)[C@H]2CC(=O)O)sc1C. The highest BCUT2D eigenvalue weighted by molar-refractivity contribution is 7.14. The number of hydrogen-bond acceptors (Lipinski definition) is 4. The minimum absolute atomic E-state index is 0.260. The zero-order valence-electron chi connectivity index (χ0n) is 12.0. The van der Waals surface area contributed by atoms with Gasteiger partial charge in [-0.3, -0.25) is 14.4 Å². The molecule has 7 heteroatoms. The first kappa shape index (κ1) is 15.5. The Hall–Kier alpha value is -1.89. The van der Waals surface area contributed by atoms with Crippen LogP contribution in [0.5, 0.6) is 0 Å². The van der Waals surface area contributed by atoms with E-state index in [9.17, 15) is 14.4 Å². The second kappa shape index (κ2) is 6.26. The number of carbonyl (C=O) groups is 3. The van der Waals surface area contributed by atoms with Crippen molar-refractivity contribution < 1.29 is 19.5 Å². The van der Waals surface area contributed by atoms with Crippen molar-refractivity contribution in [2.45, 2.75) is 32.7 Å². The van der Waals surface area contributed by atoms with Crippen LogP contribution in [0, 0.1) is 6.92 Å². The fourth-order valence-corrected chi connectivity index (χ4v) is 3.51. The van der Waals surface area contributed by atoms with Crippen molar-refractivity contribution in [2.24, 2.45) is 0 Å². The summed E-state index contributed by atoms with van der Waals surface area (Å²) in [6.07, 6.45) is 0.469. The van der Waals surface area contributed by atoms with E-state index in [1.165, 1.54) is 16.2 Å². The van der Waals surface area contributed by atoms with E-state index in [0.717, 1.165) is 16.9 Å². The lowest BCUT2D eigenvalue weighted by atomic mass is 10.1. The van der Waals surface area contributed by atoms with E-state index in [-0.39, 0.29) is 12.3 Å². The summed E-state index contributed by atoms with van der Waals surface area (Å²) in [7, 11) is 0. The van der Waals surface area contributed by atoms with Crippen LogP contribution in [-0.2, 0) is 16.0 Å². The predicted octanol–water partition coefficient (Wildman–Crippen LogP) is 1.03. The number of amides is 2. The molecule has 1 aromatic heterocycles. The number of nitrogens with one attached hydrogen (secondary N) is 1. The highest BCUT2D eigenvalue weighted by Gasteiger charge is 2.35. The molecule has 1 aliphatic rings. The molecule has 2 rings (SSSR count). The number of thiophene rings is 1. The number of carbonyl (C=O) groups excluding carboxylic acids is 2. The molecule has 2 amide bonds. The first-order valence-corrected chi connectivity index (χ1v) is 7.65. The third kappa shape index (κ3) is 3.24. The molecule has 1 aliphatic heterocycles. The van der Waals surface area contributed by atoms with E-state index in [1.807, 2.05) is 19.9 Å². The van der Waals surface area contributed by atoms with Gasteiger partial charge in [0.15, 0.2) is 0 Å². The first-order chi connectivity index (χ1) is 9.93. The van der Waals surface area contributed by atoms with E-state index >= 15 is 0 Å². The van der Waals surface area contributed by atoms with Gasteiger partial charge in [-0.2, -0.15) is 0 Å². The number of nitrogens with zero attached hydrogens (tertiary/aromatic N) is 1. The largest absolute Gasteiger partial charge is 0.481 e.